The second-order valence-electron chi connectivity index (χ2n) is 6.12. The van der Waals surface area contributed by atoms with E-state index in [1.165, 1.54) is 0 Å². The summed E-state index contributed by atoms with van der Waals surface area (Å²) in [5.41, 5.74) is 6.06. The highest BCUT2D eigenvalue weighted by atomic mass is 35.5. The molecule has 1 heterocycles. The van der Waals surface area contributed by atoms with E-state index in [0.717, 1.165) is 43.7 Å². The quantitative estimate of drug-likeness (QED) is 0.749. The van der Waals surface area contributed by atoms with Crippen molar-refractivity contribution in [2.45, 2.75) is 45.6 Å². The third kappa shape index (κ3) is 5.10. The summed E-state index contributed by atoms with van der Waals surface area (Å²) in [6.45, 7) is 5.71. The molecular weight excluding hydrogens is 328 g/mol. The van der Waals surface area contributed by atoms with Crippen molar-refractivity contribution in [1.29, 1.82) is 0 Å². The van der Waals surface area contributed by atoms with Crippen molar-refractivity contribution in [1.82, 2.24) is 0 Å². The van der Waals surface area contributed by atoms with E-state index in [0.29, 0.717) is 13.2 Å². The van der Waals surface area contributed by atoms with E-state index in [1.807, 2.05) is 38.1 Å². The molecule has 1 atom stereocenters. The SMILES string of the molecule is CCC(CC)(CN)C(=O)Nc1cccc(OCC2CCCO2)c1.Cl. The second kappa shape index (κ2) is 9.87. The molecule has 2 rings (SSSR count). The number of rotatable bonds is 8. The largest absolute Gasteiger partial charge is 0.491 e. The van der Waals surface area contributed by atoms with Gasteiger partial charge in [-0.1, -0.05) is 19.9 Å². The van der Waals surface area contributed by atoms with Crippen molar-refractivity contribution >= 4 is 24.0 Å². The summed E-state index contributed by atoms with van der Waals surface area (Å²) in [5, 5.41) is 2.97. The number of nitrogens with one attached hydrogen (secondary N) is 1. The number of hydrogen-bond acceptors (Lipinski definition) is 4. The molecule has 5 nitrogen and oxygen atoms in total. The highest BCUT2D eigenvalue weighted by Gasteiger charge is 2.33. The van der Waals surface area contributed by atoms with Crippen molar-refractivity contribution in [3.8, 4) is 5.75 Å². The molecule has 6 heteroatoms. The second-order valence-corrected chi connectivity index (χ2v) is 6.12. The molecular formula is C18H29ClN2O3. The molecule has 0 radical (unpaired) electrons. The molecule has 1 amide bonds. The van der Waals surface area contributed by atoms with Crippen LogP contribution in [-0.2, 0) is 9.53 Å². The summed E-state index contributed by atoms with van der Waals surface area (Å²) < 4.78 is 11.3. The van der Waals surface area contributed by atoms with Gasteiger partial charge in [-0.3, -0.25) is 4.79 Å². The van der Waals surface area contributed by atoms with Crippen LogP contribution in [0.25, 0.3) is 0 Å². The minimum atomic E-state index is -0.505. The van der Waals surface area contributed by atoms with E-state index in [1.54, 1.807) is 0 Å². The van der Waals surface area contributed by atoms with Gasteiger partial charge in [-0.05, 0) is 37.8 Å². The molecule has 1 unspecified atom stereocenters. The summed E-state index contributed by atoms with van der Waals surface area (Å²) in [6, 6.07) is 7.48. The first-order chi connectivity index (χ1) is 11.1. The van der Waals surface area contributed by atoms with E-state index in [4.69, 9.17) is 15.2 Å². The number of amides is 1. The van der Waals surface area contributed by atoms with Crippen LogP contribution in [0.4, 0.5) is 5.69 Å². The van der Waals surface area contributed by atoms with Crippen molar-refractivity contribution in [3.63, 3.8) is 0 Å². The fourth-order valence-corrected chi connectivity index (χ4v) is 2.84. The molecule has 0 saturated carbocycles. The summed E-state index contributed by atoms with van der Waals surface area (Å²) in [6.07, 6.45) is 3.77. The summed E-state index contributed by atoms with van der Waals surface area (Å²) >= 11 is 0. The summed E-state index contributed by atoms with van der Waals surface area (Å²) in [5.74, 6) is 0.714. The molecule has 3 N–H and O–H groups in total. The number of ether oxygens (including phenoxy) is 2. The van der Waals surface area contributed by atoms with Crippen LogP contribution >= 0.6 is 12.4 Å². The van der Waals surface area contributed by atoms with E-state index < -0.39 is 5.41 Å². The average Bonchev–Trinajstić information content (AvgIpc) is 3.09. The van der Waals surface area contributed by atoms with Gasteiger partial charge in [-0.25, -0.2) is 0 Å². The maximum Gasteiger partial charge on any atom is 0.231 e. The fourth-order valence-electron chi connectivity index (χ4n) is 2.84. The molecule has 1 aromatic rings. The van der Waals surface area contributed by atoms with Crippen LogP contribution in [0.1, 0.15) is 39.5 Å². The Labute approximate surface area is 150 Å². The van der Waals surface area contributed by atoms with E-state index in [-0.39, 0.29) is 24.4 Å². The Morgan fingerprint density at radius 1 is 1.42 bits per heavy atom. The lowest BCUT2D eigenvalue weighted by atomic mass is 9.81. The lowest BCUT2D eigenvalue weighted by Gasteiger charge is -2.28. The first-order valence-electron chi connectivity index (χ1n) is 8.49. The highest BCUT2D eigenvalue weighted by molar-refractivity contribution is 5.95. The third-order valence-corrected chi connectivity index (χ3v) is 4.78. The van der Waals surface area contributed by atoms with Gasteiger partial charge >= 0.3 is 0 Å². The van der Waals surface area contributed by atoms with E-state index >= 15 is 0 Å². The Balaban J connectivity index is 0.00000288. The van der Waals surface area contributed by atoms with Gasteiger partial charge in [0, 0.05) is 24.9 Å². The van der Waals surface area contributed by atoms with Crippen LogP contribution in [0.3, 0.4) is 0 Å². The maximum atomic E-state index is 12.6. The summed E-state index contributed by atoms with van der Waals surface area (Å²) in [4.78, 5) is 12.6. The molecule has 136 valence electrons. The van der Waals surface area contributed by atoms with E-state index in [9.17, 15) is 4.79 Å². The van der Waals surface area contributed by atoms with Gasteiger partial charge in [-0.15, -0.1) is 12.4 Å². The maximum absolute atomic E-state index is 12.6. The highest BCUT2D eigenvalue weighted by Crippen LogP contribution is 2.28. The molecule has 1 saturated heterocycles. The number of halogens is 1. The van der Waals surface area contributed by atoms with E-state index in [2.05, 4.69) is 5.32 Å². The van der Waals surface area contributed by atoms with Crippen LogP contribution in [0.5, 0.6) is 5.75 Å². The number of benzene rings is 1. The lowest BCUT2D eigenvalue weighted by Crippen LogP contribution is -2.41. The van der Waals surface area contributed by atoms with Gasteiger partial charge in [0.1, 0.15) is 12.4 Å². The minimum absolute atomic E-state index is 0. The number of anilines is 1. The van der Waals surface area contributed by atoms with Crippen LogP contribution in [0, 0.1) is 5.41 Å². The number of hydrogen-bond donors (Lipinski definition) is 2. The Kier molecular flexibility index (Phi) is 8.53. The zero-order chi connectivity index (χ0) is 16.7. The van der Waals surface area contributed by atoms with Crippen LogP contribution < -0.4 is 15.8 Å². The zero-order valence-corrected chi connectivity index (χ0v) is 15.4. The number of carbonyl (C=O) groups excluding carboxylic acids is 1. The van der Waals surface area contributed by atoms with Crippen molar-refractivity contribution in [2.24, 2.45) is 11.1 Å². The first-order valence-corrected chi connectivity index (χ1v) is 8.49. The minimum Gasteiger partial charge on any atom is -0.491 e. The van der Waals surface area contributed by atoms with Crippen LogP contribution in [0.2, 0.25) is 0 Å². The van der Waals surface area contributed by atoms with Gasteiger partial charge in [0.25, 0.3) is 0 Å². The third-order valence-electron chi connectivity index (χ3n) is 4.78. The standard InChI is InChI=1S/C18H28N2O3.ClH/c1-3-18(4-2,13-19)17(21)20-14-7-5-8-15(11-14)23-12-16-9-6-10-22-16;/h5,7-8,11,16H,3-4,6,9-10,12-13,19H2,1-2H3,(H,20,21);1H. The Hall–Kier alpha value is -1.30. The lowest BCUT2D eigenvalue weighted by molar-refractivity contribution is -0.125. The molecule has 0 aliphatic carbocycles. The molecule has 1 aromatic carbocycles. The smallest absolute Gasteiger partial charge is 0.231 e. The first kappa shape index (κ1) is 20.7. The van der Waals surface area contributed by atoms with Gasteiger partial charge < -0.3 is 20.5 Å². The molecule has 1 fully saturated rings. The van der Waals surface area contributed by atoms with Crippen molar-refractivity contribution in [3.05, 3.63) is 24.3 Å². The predicted molar refractivity (Wildman–Crippen MR) is 98.9 cm³/mol. The Morgan fingerprint density at radius 2 is 2.17 bits per heavy atom. The number of nitrogens with two attached hydrogens (primary N) is 1. The van der Waals surface area contributed by atoms with Crippen molar-refractivity contribution in [2.75, 3.05) is 25.1 Å². The summed E-state index contributed by atoms with van der Waals surface area (Å²) in [7, 11) is 0. The normalized spacial score (nSPS) is 17.2. The molecule has 1 aliphatic rings. The molecule has 0 spiro atoms. The Morgan fingerprint density at radius 3 is 2.75 bits per heavy atom. The van der Waals surface area contributed by atoms with Crippen LogP contribution in [0.15, 0.2) is 24.3 Å². The average molecular weight is 357 g/mol. The molecule has 0 aromatic heterocycles. The monoisotopic (exact) mass is 356 g/mol. The van der Waals surface area contributed by atoms with Gasteiger partial charge in [-0.2, -0.15) is 0 Å². The molecule has 24 heavy (non-hydrogen) atoms. The molecule has 1 aliphatic heterocycles. The van der Waals surface area contributed by atoms with Crippen molar-refractivity contribution < 1.29 is 14.3 Å². The fraction of sp³-hybridized carbons (Fsp3) is 0.611. The zero-order valence-electron chi connectivity index (χ0n) is 14.5. The van der Waals surface area contributed by atoms with Gasteiger partial charge in [0.2, 0.25) is 5.91 Å². The Bertz CT molecular complexity index is 506. The number of carbonyl (C=O) groups is 1. The molecule has 0 bridgehead atoms. The predicted octanol–water partition coefficient (Wildman–Crippen LogP) is 3.37. The van der Waals surface area contributed by atoms with Crippen LogP contribution in [-0.4, -0.2) is 31.8 Å². The van der Waals surface area contributed by atoms with Gasteiger partial charge in [0.05, 0.1) is 11.5 Å². The van der Waals surface area contributed by atoms with Gasteiger partial charge in [0.15, 0.2) is 0 Å². The topological polar surface area (TPSA) is 73.6 Å².